The summed E-state index contributed by atoms with van der Waals surface area (Å²) in [6.07, 6.45) is 0. The lowest BCUT2D eigenvalue weighted by Crippen LogP contribution is -2.23. The molecular formula is C16H24O2. The van der Waals surface area contributed by atoms with Crippen LogP contribution >= 0.6 is 0 Å². The van der Waals surface area contributed by atoms with Crippen molar-refractivity contribution in [3.05, 3.63) is 35.4 Å². The Labute approximate surface area is 110 Å². The molecular weight excluding hydrogens is 224 g/mol. The minimum Gasteiger partial charge on any atom is -0.368 e. The zero-order valence-corrected chi connectivity index (χ0v) is 12.3. The monoisotopic (exact) mass is 248 g/mol. The van der Waals surface area contributed by atoms with E-state index in [1.165, 1.54) is 5.56 Å². The van der Waals surface area contributed by atoms with Gasteiger partial charge in [-0.2, -0.15) is 0 Å². The Morgan fingerprint density at radius 3 is 1.89 bits per heavy atom. The molecule has 0 spiro atoms. The van der Waals surface area contributed by atoms with Gasteiger partial charge >= 0.3 is 0 Å². The maximum absolute atomic E-state index is 11.9. The van der Waals surface area contributed by atoms with Crippen LogP contribution < -0.4 is 0 Å². The van der Waals surface area contributed by atoms with Gasteiger partial charge in [-0.05, 0) is 31.7 Å². The van der Waals surface area contributed by atoms with Crippen LogP contribution in [-0.2, 0) is 10.2 Å². The third-order valence-corrected chi connectivity index (χ3v) is 2.71. The summed E-state index contributed by atoms with van der Waals surface area (Å²) in [5.41, 5.74) is 1.79. The van der Waals surface area contributed by atoms with Crippen molar-refractivity contribution in [2.75, 3.05) is 6.61 Å². The van der Waals surface area contributed by atoms with Crippen LogP contribution in [0.3, 0.4) is 0 Å². The van der Waals surface area contributed by atoms with Gasteiger partial charge < -0.3 is 4.74 Å². The van der Waals surface area contributed by atoms with Gasteiger partial charge in [0.1, 0.15) is 6.61 Å². The second-order valence-electron chi connectivity index (χ2n) is 6.65. The Hall–Kier alpha value is -1.15. The number of ether oxygens (including phenoxy) is 1. The minimum absolute atomic E-state index is 0.0328. The average molecular weight is 248 g/mol. The number of carbonyl (C=O) groups is 1. The number of rotatable bonds is 3. The Bertz CT molecular complexity index is 402. The molecule has 2 heteroatoms. The molecule has 2 nitrogen and oxygen atoms in total. The first-order chi connectivity index (χ1) is 8.09. The van der Waals surface area contributed by atoms with Gasteiger partial charge in [0, 0.05) is 5.56 Å². The molecule has 0 amide bonds. The summed E-state index contributed by atoms with van der Waals surface area (Å²) in [5.74, 6) is 0.0328. The number of benzene rings is 1. The summed E-state index contributed by atoms with van der Waals surface area (Å²) in [7, 11) is 0. The predicted octanol–water partition coefficient (Wildman–Crippen LogP) is 3.98. The summed E-state index contributed by atoms with van der Waals surface area (Å²) in [6, 6.07) is 7.80. The number of hydrogen-bond acceptors (Lipinski definition) is 2. The first kappa shape index (κ1) is 14.9. The molecule has 0 saturated carbocycles. The number of Topliss-reactive ketones (excluding diaryl/α,β-unsaturated/α-hetero) is 1. The van der Waals surface area contributed by atoms with E-state index in [1.807, 2.05) is 45.0 Å². The van der Waals surface area contributed by atoms with E-state index in [1.54, 1.807) is 0 Å². The third-order valence-electron chi connectivity index (χ3n) is 2.71. The molecule has 0 radical (unpaired) electrons. The highest BCUT2D eigenvalue weighted by Crippen LogP contribution is 2.22. The lowest BCUT2D eigenvalue weighted by Gasteiger charge is -2.20. The fourth-order valence-electron chi connectivity index (χ4n) is 1.52. The van der Waals surface area contributed by atoms with Crippen molar-refractivity contribution in [3.8, 4) is 0 Å². The largest absolute Gasteiger partial charge is 0.368 e. The Kier molecular flexibility index (Phi) is 4.33. The molecule has 0 heterocycles. The average Bonchev–Trinajstić information content (AvgIpc) is 2.24. The zero-order valence-electron chi connectivity index (χ0n) is 12.3. The van der Waals surface area contributed by atoms with Gasteiger partial charge in [-0.3, -0.25) is 4.79 Å². The molecule has 0 aliphatic heterocycles. The molecule has 0 aromatic heterocycles. The number of hydrogen-bond donors (Lipinski definition) is 0. The molecule has 0 fully saturated rings. The molecule has 0 saturated heterocycles. The molecule has 0 N–H and O–H groups in total. The Balaban J connectivity index is 2.71. The van der Waals surface area contributed by atoms with Gasteiger partial charge in [0.2, 0.25) is 0 Å². The maximum atomic E-state index is 11.9. The highest BCUT2D eigenvalue weighted by molar-refractivity contribution is 5.97. The van der Waals surface area contributed by atoms with E-state index in [0.29, 0.717) is 5.56 Å². The quantitative estimate of drug-likeness (QED) is 0.756. The second kappa shape index (κ2) is 5.23. The predicted molar refractivity (Wildman–Crippen MR) is 75.2 cm³/mol. The van der Waals surface area contributed by atoms with Crippen molar-refractivity contribution >= 4 is 5.78 Å². The van der Waals surface area contributed by atoms with Crippen molar-refractivity contribution < 1.29 is 9.53 Å². The highest BCUT2D eigenvalue weighted by atomic mass is 16.5. The summed E-state index contributed by atoms with van der Waals surface area (Å²) in [6.45, 7) is 12.5. The van der Waals surface area contributed by atoms with E-state index in [4.69, 9.17) is 4.74 Å². The summed E-state index contributed by atoms with van der Waals surface area (Å²) in [5, 5.41) is 0. The van der Waals surface area contributed by atoms with E-state index >= 15 is 0 Å². The van der Waals surface area contributed by atoms with Crippen LogP contribution in [0.15, 0.2) is 24.3 Å². The highest BCUT2D eigenvalue weighted by Gasteiger charge is 2.16. The van der Waals surface area contributed by atoms with E-state index < -0.39 is 0 Å². The second-order valence-corrected chi connectivity index (χ2v) is 6.65. The summed E-state index contributed by atoms with van der Waals surface area (Å²) >= 11 is 0. The molecule has 1 rings (SSSR count). The third kappa shape index (κ3) is 4.61. The molecule has 100 valence electrons. The molecule has 0 unspecified atom stereocenters. The maximum Gasteiger partial charge on any atom is 0.188 e. The van der Waals surface area contributed by atoms with Gasteiger partial charge in [0.25, 0.3) is 0 Å². The van der Waals surface area contributed by atoms with Gasteiger partial charge in [-0.1, -0.05) is 45.0 Å². The van der Waals surface area contributed by atoms with Crippen molar-refractivity contribution in [1.82, 2.24) is 0 Å². The van der Waals surface area contributed by atoms with Gasteiger partial charge in [-0.25, -0.2) is 0 Å². The molecule has 0 aliphatic carbocycles. The minimum atomic E-state index is -0.277. The van der Waals surface area contributed by atoms with Crippen LogP contribution in [0, 0.1) is 0 Å². The van der Waals surface area contributed by atoms with Crippen molar-refractivity contribution in [2.24, 2.45) is 0 Å². The summed E-state index contributed by atoms with van der Waals surface area (Å²) < 4.78 is 5.49. The van der Waals surface area contributed by atoms with Crippen LogP contribution in [0.1, 0.15) is 57.5 Å². The van der Waals surface area contributed by atoms with Crippen molar-refractivity contribution in [2.45, 2.75) is 52.6 Å². The van der Waals surface area contributed by atoms with Crippen LogP contribution in [0.4, 0.5) is 0 Å². The van der Waals surface area contributed by atoms with Gasteiger partial charge in [-0.15, -0.1) is 0 Å². The van der Waals surface area contributed by atoms with Crippen LogP contribution in [0.25, 0.3) is 0 Å². The molecule has 1 aromatic carbocycles. The Morgan fingerprint density at radius 2 is 1.50 bits per heavy atom. The molecule has 1 aromatic rings. The van der Waals surface area contributed by atoms with Crippen molar-refractivity contribution in [3.63, 3.8) is 0 Å². The smallest absolute Gasteiger partial charge is 0.188 e. The SMILES string of the molecule is CC(C)(C)OCC(=O)c1ccc(C(C)(C)C)cc1. The van der Waals surface area contributed by atoms with Crippen LogP contribution in [-0.4, -0.2) is 18.0 Å². The standard InChI is InChI=1S/C16H24O2/c1-15(2,3)13-9-7-12(8-10-13)14(17)11-18-16(4,5)6/h7-10H,11H2,1-6H3. The topological polar surface area (TPSA) is 26.3 Å². The molecule has 18 heavy (non-hydrogen) atoms. The lowest BCUT2D eigenvalue weighted by atomic mass is 9.86. The van der Waals surface area contributed by atoms with E-state index in [-0.39, 0.29) is 23.4 Å². The first-order valence-electron chi connectivity index (χ1n) is 6.37. The number of carbonyl (C=O) groups excluding carboxylic acids is 1. The fourth-order valence-corrected chi connectivity index (χ4v) is 1.52. The molecule has 0 bridgehead atoms. The fraction of sp³-hybridized carbons (Fsp3) is 0.562. The number of ketones is 1. The van der Waals surface area contributed by atoms with E-state index in [9.17, 15) is 4.79 Å². The van der Waals surface area contributed by atoms with E-state index in [0.717, 1.165) is 0 Å². The zero-order chi connectivity index (χ0) is 14.0. The lowest BCUT2D eigenvalue weighted by molar-refractivity contribution is 0.00306. The van der Waals surface area contributed by atoms with Crippen molar-refractivity contribution in [1.29, 1.82) is 0 Å². The van der Waals surface area contributed by atoms with Gasteiger partial charge in [0.15, 0.2) is 5.78 Å². The summed E-state index contributed by atoms with van der Waals surface area (Å²) in [4.78, 5) is 11.9. The molecule has 0 atom stereocenters. The molecule has 0 aliphatic rings. The Morgan fingerprint density at radius 1 is 1.00 bits per heavy atom. The van der Waals surface area contributed by atoms with Crippen LogP contribution in [0.2, 0.25) is 0 Å². The van der Waals surface area contributed by atoms with Crippen LogP contribution in [0.5, 0.6) is 0 Å². The normalized spacial score (nSPS) is 12.6. The first-order valence-corrected chi connectivity index (χ1v) is 6.37. The van der Waals surface area contributed by atoms with Gasteiger partial charge in [0.05, 0.1) is 5.60 Å². The van der Waals surface area contributed by atoms with E-state index in [2.05, 4.69) is 20.8 Å².